The maximum Gasteiger partial charge on any atom is 0.129 e. The molecule has 0 amide bonds. The van der Waals surface area contributed by atoms with E-state index >= 15 is 0 Å². The van der Waals surface area contributed by atoms with Gasteiger partial charge in [0.05, 0.1) is 0 Å². The second kappa shape index (κ2) is 4.95. The maximum atomic E-state index is 13.4. The molecule has 84 valence electrons. The molecule has 0 radical (unpaired) electrons. The average molecular weight is 230 g/mol. The van der Waals surface area contributed by atoms with E-state index in [1.165, 1.54) is 6.07 Å². The normalized spacial score (nSPS) is 11.8. The monoisotopic (exact) mass is 229 g/mol. The Balaban J connectivity index is 2.73. The molecule has 0 aromatic heterocycles. The topological polar surface area (TPSA) is 12.0 Å². The zero-order valence-corrected chi connectivity index (χ0v) is 10.2. The van der Waals surface area contributed by atoms with Crippen LogP contribution < -0.4 is 5.32 Å². The average Bonchev–Trinajstić information content (AvgIpc) is 2.17. The summed E-state index contributed by atoms with van der Waals surface area (Å²) in [6, 6.07) is 4.76. The Bertz CT molecular complexity index is 316. The summed E-state index contributed by atoms with van der Waals surface area (Å²) in [5, 5.41) is 3.76. The maximum absolute atomic E-state index is 13.4. The van der Waals surface area contributed by atoms with Crippen molar-refractivity contribution in [3.05, 3.63) is 34.6 Å². The number of hydrogen-bond donors (Lipinski definition) is 1. The minimum atomic E-state index is -0.248. The number of rotatable bonds is 4. The molecule has 0 aliphatic rings. The zero-order valence-electron chi connectivity index (χ0n) is 9.40. The predicted molar refractivity (Wildman–Crippen MR) is 62.6 cm³/mol. The molecule has 1 aromatic carbocycles. The molecule has 0 bridgehead atoms. The van der Waals surface area contributed by atoms with Crippen LogP contribution in [0.15, 0.2) is 18.2 Å². The number of benzene rings is 1. The first-order chi connectivity index (χ1) is 6.96. The van der Waals surface area contributed by atoms with Gasteiger partial charge in [0.15, 0.2) is 0 Å². The summed E-state index contributed by atoms with van der Waals surface area (Å²) < 4.78 is 13.4. The van der Waals surface area contributed by atoms with Crippen LogP contribution >= 0.6 is 11.6 Å². The molecule has 0 fully saturated rings. The fraction of sp³-hybridized carbons (Fsp3) is 0.500. The van der Waals surface area contributed by atoms with E-state index in [9.17, 15) is 4.39 Å². The molecule has 1 rings (SSSR count). The smallest absolute Gasteiger partial charge is 0.129 e. The summed E-state index contributed by atoms with van der Waals surface area (Å²) in [4.78, 5) is 0. The van der Waals surface area contributed by atoms with Gasteiger partial charge in [0, 0.05) is 22.7 Å². The van der Waals surface area contributed by atoms with Gasteiger partial charge in [-0.3, -0.25) is 0 Å². The van der Waals surface area contributed by atoms with E-state index in [4.69, 9.17) is 11.6 Å². The SMILES string of the molecule is CCC(C)(C)NCc1c(F)cccc1Cl. The van der Waals surface area contributed by atoms with Crippen molar-refractivity contribution >= 4 is 11.6 Å². The van der Waals surface area contributed by atoms with Crippen LogP contribution in [0.2, 0.25) is 5.02 Å². The summed E-state index contributed by atoms with van der Waals surface area (Å²) in [7, 11) is 0. The van der Waals surface area contributed by atoms with Gasteiger partial charge in [-0.2, -0.15) is 0 Å². The molecule has 1 nitrogen and oxygen atoms in total. The van der Waals surface area contributed by atoms with Crippen molar-refractivity contribution in [2.24, 2.45) is 0 Å². The first-order valence-electron chi connectivity index (χ1n) is 5.14. The van der Waals surface area contributed by atoms with Crippen LogP contribution in [-0.4, -0.2) is 5.54 Å². The molecule has 0 spiro atoms. The van der Waals surface area contributed by atoms with Crippen LogP contribution in [0, 0.1) is 5.82 Å². The Kier molecular flexibility index (Phi) is 4.12. The van der Waals surface area contributed by atoms with Gasteiger partial charge in [0.2, 0.25) is 0 Å². The van der Waals surface area contributed by atoms with Crippen LogP contribution in [-0.2, 0) is 6.54 Å². The molecule has 0 saturated carbocycles. The Hall–Kier alpha value is -0.600. The van der Waals surface area contributed by atoms with Crippen molar-refractivity contribution in [1.29, 1.82) is 0 Å². The molecule has 0 aliphatic carbocycles. The number of hydrogen-bond acceptors (Lipinski definition) is 1. The molecule has 15 heavy (non-hydrogen) atoms. The molecular formula is C12H17ClFN. The highest BCUT2D eigenvalue weighted by molar-refractivity contribution is 6.31. The van der Waals surface area contributed by atoms with Gasteiger partial charge in [-0.25, -0.2) is 4.39 Å². The molecule has 0 unspecified atom stereocenters. The van der Waals surface area contributed by atoms with Crippen molar-refractivity contribution in [2.75, 3.05) is 0 Å². The van der Waals surface area contributed by atoms with Gasteiger partial charge < -0.3 is 5.32 Å². The lowest BCUT2D eigenvalue weighted by molar-refractivity contribution is 0.371. The van der Waals surface area contributed by atoms with Crippen molar-refractivity contribution < 1.29 is 4.39 Å². The Morgan fingerprint density at radius 1 is 1.40 bits per heavy atom. The molecule has 3 heteroatoms. The predicted octanol–water partition coefficient (Wildman–Crippen LogP) is 3.76. The Labute approximate surface area is 95.6 Å². The molecule has 0 aliphatic heterocycles. The van der Waals surface area contributed by atoms with Gasteiger partial charge >= 0.3 is 0 Å². The van der Waals surface area contributed by atoms with E-state index in [0.29, 0.717) is 17.1 Å². The van der Waals surface area contributed by atoms with Crippen LogP contribution in [0.3, 0.4) is 0 Å². The Morgan fingerprint density at radius 2 is 2.07 bits per heavy atom. The van der Waals surface area contributed by atoms with Crippen molar-refractivity contribution in [2.45, 2.75) is 39.3 Å². The van der Waals surface area contributed by atoms with E-state index in [1.54, 1.807) is 12.1 Å². The Morgan fingerprint density at radius 3 is 2.60 bits per heavy atom. The summed E-state index contributed by atoms with van der Waals surface area (Å²) in [5.74, 6) is -0.248. The van der Waals surface area contributed by atoms with E-state index in [0.717, 1.165) is 6.42 Å². The quantitative estimate of drug-likeness (QED) is 0.829. The lowest BCUT2D eigenvalue weighted by Crippen LogP contribution is -2.38. The van der Waals surface area contributed by atoms with Gasteiger partial charge in [-0.1, -0.05) is 24.6 Å². The first-order valence-corrected chi connectivity index (χ1v) is 5.52. The molecule has 1 N–H and O–H groups in total. The third-order valence-electron chi connectivity index (χ3n) is 2.69. The van der Waals surface area contributed by atoms with E-state index in [-0.39, 0.29) is 11.4 Å². The van der Waals surface area contributed by atoms with E-state index in [1.807, 2.05) is 0 Å². The minimum absolute atomic E-state index is 0.00557. The molecule has 1 aromatic rings. The highest BCUT2D eigenvalue weighted by Crippen LogP contribution is 2.20. The van der Waals surface area contributed by atoms with Crippen LogP contribution in [0.5, 0.6) is 0 Å². The van der Waals surface area contributed by atoms with Gasteiger partial charge in [0.1, 0.15) is 5.82 Å². The molecule has 0 atom stereocenters. The fourth-order valence-electron chi connectivity index (χ4n) is 1.15. The van der Waals surface area contributed by atoms with Gasteiger partial charge in [-0.15, -0.1) is 0 Å². The van der Waals surface area contributed by atoms with Gasteiger partial charge in [-0.05, 0) is 32.4 Å². The van der Waals surface area contributed by atoms with Crippen molar-refractivity contribution in [3.8, 4) is 0 Å². The highest BCUT2D eigenvalue weighted by Gasteiger charge is 2.15. The van der Waals surface area contributed by atoms with Crippen LogP contribution in [0.4, 0.5) is 4.39 Å². The minimum Gasteiger partial charge on any atom is -0.308 e. The fourth-order valence-corrected chi connectivity index (χ4v) is 1.38. The van der Waals surface area contributed by atoms with E-state index in [2.05, 4.69) is 26.1 Å². The van der Waals surface area contributed by atoms with Crippen molar-refractivity contribution in [3.63, 3.8) is 0 Å². The number of halogens is 2. The zero-order chi connectivity index (χ0) is 11.5. The standard InChI is InChI=1S/C12H17ClFN/c1-4-12(2,3)15-8-9-10(13)6-5-7-11(9)14/h5-7,15H,4,8H2,1-3H3. The highest BCUT2D eigenvalue weighted by atomic mass is 35.5. The number of nitrogens with one attached hydrogen (secondary N) is 1. The second-order valence-electron chi connectivity index (χ2n) is 4.29. The van der Waals surface area contributed by atoms with Crippen LogP contribution in [0.1, 0.15) is 32.8 Å². The largest absolute Gasteiger partial charge is 0.308 e. The van der Waals surface area contributed by atoms with E-state index < -0.39 is 0 Å². The molecule has 0 saturated heterocycles. The summed E-state index contributed by atoms with van der Waals surface area (Å²) in [5.41, 5.74) is 0.548. The van der Waals surface area contributed by atoms with Crippen molar-refractivity contribution in [1.82, 2.24) is 5.32 Å². The summed E-state index contributed by atoms with van der Waals surface area (Å²) in [6.45, 7) is 6.73. The molecular weight excluding hydrogens is 213 g/mol. The third-order valence-corrected chi connectivity index (χ3v) is 3.04. The first kappa shape index (κ1) is 12.5. The lowest BCUT2D eigenvalue weighted by atomic mass is 10.0. The third kappa shape index (κ3) is 3.47. The van der Waals surface area contributed by atoms with Gasteiger partial charge in [0.25, 0.3) is 0 Å². The summed E-state index contributed by atoms with van der Waals surface area (Å²) in [6.07, 6.45) is 0.985. The molecule has 0 heterocycles. The van der Waals surface area contributed by atoms with Crippen LogP contribution in [0.25, 0.3) is 0 Å². The second-order valence-corrected chi connectivity index (χ2v) is 4.70. The lowest BCUT2D eigenvalue weighted by Gasteiger charge is -2.25. The summed E-state index contributed by atoms with van der Waals surface area (Å²) >= 11 is 5.92.